The monoisotopic (exact) mass is 321 g/mol. The number of carbonyl (C=O) groups excluding carboxylic acids is 1. The lowest BCUT2D eigenvalue weighted by Gasteiger charge is -2.20. The molecule has 1 amide bonds. The first-order valence-electron chi connectivity index (χ1n) is 7.15. The Balaban J connectivity index is 1.58. The van der Waals surface area contributed by atoms with Crippen LogP contribution in [-0.2, 0) is 20.7 Å². The zero-order valence-corrected chi connectivity index (χ0v) is 12.5. The summed E-state index contributed by atoms with van der Waals surface area (Å²) in [7, 11) is 0. The lowest BCUT2D eigenvalue weighted by molar-refractivity contribution is -0.146. The highest BCUT2D eigenvalue weighted by atomic mass is 35.5. The average Bonchev–Trinajstić information content (AvgIpc) is 3.07. The van der Waals surface area contributed by atoms with E-state index in [-0.39, 0.29) is 5.91 Å². The van der Waals surface area contributed by atoms with Gasteiger partial charge in [-0.1, -0.05) is 35.9 Å². The van der Waals surface area contributed by atoms with Crippen LogP contribution in [0.15, 0.2) is 36.4 Å². The Kier molecular flexibility index (Phi) is 4.18. The lowest BCUT2D eigenvalue weighted by atomic mass is 9.82. The van der Waals surface area contributed by atoms with Gasteiger partial charge >= 0.3 is 5.97 Å². The summed E-state index contributed by atoms with van der Waals surface area (Å²) in [5.41, 5.74) is 1.02. The Morgan fingerprint density at radius 1 is 1.23 bits per heavy atom. The van der Waals surface area contributed by atoms with E-state index in [0.717, 1.165) is 5.56 Å². The van der Waals surface area contributed by atoms with E-state index in [4.69, 9.17) is 16.3 Å². The zero-order valence-electron chi connectivity index (χ0n) is 11.7. The molecule has 0 unspecified atom stereocenters. The number of aliphatic carboxylic acids is 1. The molecule has 3 rings (SSSR count). The fourth-order valence-electron chi connectivity index (χ4n) is 3.06. The number of carboxylic acid groups (broad SMARTS) is 1. The van der Waals surface area contributed by atoms with Crippen LogP contribution in [0.2, 0.25) is 5.02 Å². The van der Waals surface area contributed by atoms with Gasteiger partial charge in [0.05, 0.1) is 18.1 Å². The van der Waals surface area contributed by atoms with Gasteiger partial charge in [-0.05, 0) is 24.1 Å². The Labute approximate surface area is 132 Å². The highest BCUT2D eigenvalue weighted by Crippen LogP contribution is 2.39. The van der Waals surface area contributed by atoms with Gasteiger partial charge in [0.2, 0.25) is 5.91 Å². The van der Waals surface area contributed by atoms with Crippen LogP contribution < -0.4 is 5.32 Å². The molecule has 1 fully saturated rings. The molecule has 116 valence electrons. The Morgan fingerprint density at radius 3 is 2.64 bits per heavy atom. The number of fused-ring (bicyclic) bond motifs is 2. The summed E-state index contributed by atoms with van der Waals surface area (Å²) in [4.78, 5) is 23.6. The Bertz CT molecular complexity index is 630. The van der Waals surface area contributed by atoms with Crippen molar-refractivity contribution in [3.63, 3.8) is 0 Å². The minimum absolute atomic E-state index is 0.272. The predicted octanol–water partition coefficient (Wildman–Crippen LogP) is 1.65. The van der Waals surface area contributed by atoms with E-state index in [1.54, 1.807) is 18.2 Å². The maximum absolute atomic E-state index is 12.3. The maximum atomic E-state index is 12.3. The third kappa shape index (κ3) is 2.87. The van der Waals surface area contributed by atoms with Gasteiger partial charge in [0.25, 0.3) is 0 Å². The summed E-state index contributed by atoms with van der Waals surface area (Å²) in [6, 6.07) is 7.42. The second-order valence-corrected chi connectivity index (χ2v) is 5.95. The number of halogens is 1. The molecule has 0 saturated carbocycles. The normalized spacial score (nSPS) is 28.8. The van der Waals surface area contributed by atoms with Crippen LogP contribution >= 0.6 is 11.6 Å². The van der Waals surface area contributed by atoms with Crippen molar-refractivity contribution in [1.82, 2.24) is 5.32 Å². The topological polar surface area (TPSA) is 75.6 Å². The third-order valence-corrected chi connectivity index (χ3v) is 4.32. The van der Waals surface area contributed by atoms with Crippen LogP contribution in [0.3, 0.4) is 0 Å². The van der Waals surface area contributed by atoms with Gasteiger partial charge in [-0.3, -0.25) is 9.59 Å². The number of rotatable bonds is 5. The van der Waals surface area contributed by atoms with Gasteiger partial charge in [-0.2, -0.15) is 0 Å². The molecule has 5 nitrogen and oxygen atoms in total. The fraction of sp³-hybridized carbons (Fsp3) is 0.375. The minimum Gasteiger partial charge on any atom is -0.481 e. The SMILES string of the molecule is O=C(O)[C@@H]1[C@@H](C(=O)NCCc2cccc(Cl)c2)[C@H]2C=C[C@H]1O2. The molecule has 1 aromatic carbocycles. The number of ether oxygens (including phenoxy) is 1. The van der Waals surface area contributed by atoms with Gasteiger partial charge in [0.15, 0.2) is 0 Å². The smallest absolute Gasteiger partial charge is 0.310 e. The first-order valence-corrected chi connectivity index (χ1v) is 7.53. The summed E-state index contributed by atoms with van der Waals surface area (Å²) in [6.45, 7) is 0.434. The second-order valence-electron chi connectivity index (χ2n) is 5.51. The van der Waals surface area contributed by atoms with E-state index in [9.17, 15) is 14.7 Å². The van der Waals surface area contributed by atoms with E-state index < -0.39 is 30.0 Å². The molecule has 22 heavy (non-hydrogen) atoms. The van der Waals surface area contributed by atoms with Crippen LogP contribution in [0.4, 0.5) is 0 Å². The van der Waals surface area contributed by atoms with Crippen LogP contribution in [0.1, 0.15) is 5.56 Å². The maximum Gasteiger partial charge on any atom is 0.310 e. The number of amides is 1. The zero-order chi connectivity index (χ0) is 15.7. The van der Waals surface area contributed by atoms with Crippen molar-refractivity contribution in [2.24, 2.45) is 11.8 Å². The van der Waals surface area contributed by atoms with Crippen LogP contribution in [0.5, 0.6) is 0 Å². The van der Waals surface area contributed by atoms with Crippen molar-refractivity contribution in [2.75, 3.05) is 6.54 Å². The largest absolute Gasteiger partial charge is 0.481 e. The van der Waals surface area contributed by atoms with Crippen LogP contribution in [0.25, 0.3) is 0 Å². The number of carbonyl (C=O) groups is 2. The summed E-state index contributed by atoms with van der Waals surface area (Å²) < 4.78 is 5.49. The highest BCUT2D eigenvalue weighted by Gasteiger charge is 2.53. The molecule has 6 heteroatoms. The Hall–Kier alpha value is -1.85. The molecular weight excluding hydrogens is 306 g/mol. The van der Waals surface area contributed by atoms with Crippen LogP contribution in [0, 0.1) is 11.8 Å². The van der Waals surface area contributed by atoms with Gasteiger partial charge in [-0.15, -0.1) is 0 Å². The molecule has 4 atom stereocenters. The molecule has 1 aromatic rings. The molecule has 0 radical (unpaired) electrons. The minimum atomic E-state index is -0.994. The van der Waals surface area contributed by atoms with E-state index in [2.05, 4.69) is 5.32 Å². The summed E-state index contributed by atoms with van der Waals surface area (Å²) >= 11 is 5.91. The van der Waals surface area contributed by atoms with E-state index in [0.29, 0.717) is 18.0 Å². The van der Waals surface area contributed by atoms with Crippen molar-refractivity contribution in [2.45, 2.75) is 18.6 Å². The summed E-state index contributed by atoms with van der Waals surface area (Å²) in [6.07, 6.45) is 3.20. The fourth-order valence-corrected chi connectivity index (χ4v) is 3.27. The lowest BCUT2D eigenvalue weighted by Crippen LogP contribution is -2.43. The van der Waals surface area contributed by atoms with Crippen molar-refractivity contribution in [3.05, 3.63) is 47.0 Å². The highest BCUT2D eigenvalue weighted by molar-refractivity contribution is 6.30. The molecule has 0 aromatic heterocycles. The molecule has 2 N–H and O–H groups in total. The number of benzene rings is 1. The van der Waals surface area contributed by atoms with Crippen LogP contribution in [-0.4, -0.2) is 35.7 Å². The van der Waals surface area contributed by atoms with E-state index in [1.165, 1.54) is 0 Å². The van der Waals surface area contributed by atoms with Crippen molar-refractivity contribution in [1.29, 1.82) is 0 Å². The first kappa shape index (κ1) is 15.1. The molecular formula is C16H16ClNO4. The first-order chi connectivity index (χ1) is 10.6. The quantitative estimate of drug-likeness (QED) is 0.809. The summed E-state index contributed by atoms with van der Waals surface area (Å²) in [5, 5.41) is 12.7. The van der Waals surface area contributed by atoms with Gasteiger partial charge in [-0.25, -0.2) is 0 Å². The predicted molar refractivity (Wildman–Crippen MR) is 80.6 cm³/mol. The van der Waals surface area contributed by atoms with Crippen molar-refractivity contribution < 1.29 is 19.4 Å². The number of hydrogen-bond donors (Lipinski definition) is 2. The molecule has 2 aliphatic heterocycles. The number of hydrogen-bond acceptors (Lipinski definition) is 3. The molecule has 2 bridgehead atoms. The summed E-state index contributed by atoms with van der Waals surface area (Å²) in [5.74, 6) is -2.73. The molecule has 0 spiro atoms. The van der Waals surface area contributed by atoms with Crippen molar-refractivity contribution >= 4 is 23.5 Å². The number of carboxylic acids is 1. The van der Waals surface area contributed by atoms with Crippen molar-refractivity contribution in [3.8, 4) is 0 Å². The Morgan fingerprint density at radius 2 is 1.95 bits per heavy atom. The average molecular weight is 322 g/mol. The molecule has 1 saturated heterocycles. The standard InChI is InChI=1S/C16H16ClNO4/c17-10-3-1-2-9(8-10)6-7-18-15(19)13-11-4-5-12(22-11)14(13)16(20)21/h1-5,8,11-14H,6-7H2,(H,18,19)(H,20,21)/t11-,12-,13+,14+/m1/s1. The molecule has 2 heterocycles. The van der Waals surface area contributed by atoms with E-state index >= 15 is 0 Å². The van der Waals surface area contributed by atoms with Gasteiger partial charge in [0, 0.05) is 11.6 Å². The second kappa shape index (κ2) is 6.10. The molecule has 0 aliphatic carbocycles. The number of nitrogens with one attached hydrogen (secondary N) is 1. The third-order valence-electron chi connectivity index (χ3n) is 4.09. The van der Waals surface area contributed by atoms with Gasteiger partial charge < -0.3 is 15.2 Å². The molecule has 2 aliphatic rings. The van der Waals surface area contributed by atoms with Gasteiger partial charge in [0.1, 0.15) is 5.92 Å². The van der Waals surface area contributed by atoms with E-state index in [1.807, 2.05) is 18.2 Å².